The average molecular weight is 432 g/mol. The summed E-state index contributed by atoms with van der Waals surface area (Å²) in [5, 5.41) is 10.1. The number of hydrogen-bond donors (Lipinski definition) is 1. The Bertz CT molecular complexity index is 1110. The van der Waals surface area contributed by atoms with E-state index in [1.54, 1.807) is 18.2 Å². The highest BCUT2D eigenvalue weighted by Gasteiger charge is 2.27. The maximum Gasteiger partial charge on any atom is 0.419 e. The van der Waals surface area contributed by atoms with Crippen molar-refractivity contribution in [2.24, 2.45) is 0 Å². The zero-order valence-corrected chi connectivity index (χ0v) is 18.3. The second-order valence-corrected chi connectivity index (χ2v) is 7.94. The Morgan fingerprint density at radius 1 is 1.20 bits per heavy atom. The fourth-order valence-corrected chi connectivity index (χ4v) is 3.81. The number of carboxylic acids is 1. The summed E-state index contributed by atoms with van der Waals surface area (Å²) in [5.74, 6) is -1.03. The summed E-state index contributed by atoms with van der Waals surface area (Å²) in [5.41, 5.74) is 3.20. The highest BCUT2D eigenvalue weighted by atomic mass is 35.5. The molecule has 1 aromatic heterocycles. The Morgan fingerprint density at radius 2 is 1.83 bits per heavy atom. The van der Waals surface area contributed by atoms with Gasteiger partial charge in [0, 0.05) is 17.7 Å². The number of halogens is 1. The van der Waals surface area contributed by atoms with Crippen molar-refractivity contribution in [3.8, 4) is 5.75 Å². The number of oxazole rings is 1. The van der Waals surface area contributed by atoms with E-state index in [2.05, 4.69) is 13.8 Å². The predicted octanol–water partition coefficient (Wildman–Crippen LogP) is 5.55. The van der Waals surface area contributed by atoms with Crippen LogP contribution >= 0.6 is 11.6 Å². The van der Waals surface area contributed by atoms with Crippen LogP contribution in [-0.4, -0.2) is 15.6 Å². The van der Waals surface area contributed by atoms with Crippen molar-refractivity contribution in [2.45, 2.75) is 59.1 Å². The first-order chi connectivity index (χ1) is 14.3. The molecule has 1 atom stereocenters. The number of rotatable bonds is 8. The largest absolute Gasteiger partial charge is 0.478 e. The number of fused-ring (bicyclic) bond motifs is 1. The molecule has 0 spiro atoms. The summed E-state index contributed by atoms with van der Waals surface area (Å²) in [6.45, 7) is 8.40. The molecule has 2 aromatic carbocycles. The Balaban J connectivity index is 2.11. The molecule has 0 unspecified atom stereocenters. The zero-order valence-electron chi connectivity index (χ0n) is 17.6. The number of aromatic nitrogens is 1. The van der Waals surface area contributed by atoms with Gasteiger partial charge in [0.2, 0.25) is 6.10 Å². The maximum absolute atomic E-state index is 12.2. The number of carbonyl (C=O) groups is 1. The van der Waals surface area contributed by atoms with E-state index in [0.717, 1.165) is 12.0 Å². The molecule has 3 rings (SSSR count). The summed E-state index contributed by atoms with van der Waals surface area (Å²) in [6, 6.07) is 8.91. The molecule has 0 amide bonds. The van der Waals surface area contributed by atoms with Crippen LogP contribution in [0.2, 0.25) is 5.02 Å². The molecule has 3 aromatic rings. The fraction of sp³-hybridized carbons (Fsp3) is 0.391. The monoisotopic (exact) mass is 431 g/mol. The lowest BCUT2D eigenvalue weighted by atomic mass is 10.00. The third-order valence-corrected chi connectivity index (χ3v) is 5.42. The topological polar surface area (TPSA) is 81.7 Å². The summed E-state index contributed by atoms with van der Waals surface area (Å²) >= 11 is 6.51. The molecular weight excluding hydrogens is 406 g/mol. The highest BCUT2D eigenvalue weighted by molar-refractivity contribution is 6.33. The molecule has 0 aliphatic carbocycles. The van der Waals surface area contributed by atoms with Crippen molar-refractivity contribution in [3.05, 3.63) is 62.6 Å². The minimum atomic E-state index is -1.24. The molecule has 0 radical (unpaired) electrons. The van der Waals surface area contributed by atoms with Gasteiger partial charge in [-0.15, -0.1) is 0 Å². The van der Waals surface area contributed by atoms with Crippen LogP contribution in [-0.2, 0) is 17.8 Å². The van der Waals surface area contributed by atoms with Crippen LogP contribution in [0.5, 0.6) is 5.75 Å². The first kappa shape index (κ1) is 22.0. The summed E-state index contributed by atoms with van der Waals surface area (Å²) in [4.78, 5) is 24.2. The van der Waals surface area contributed by atoms with Gasteiger partial charge in [0.25, 0.3) is 0 Å². The molecule has 0 bridgehead atoms. The minimum absolute atomic E-state index is 0.239. The molecule has 0 aliphatic heterocycles. The van der Waals surface area contributed by atoms with Crippen molar-refractivity contribution >= 4 is 28.7 Å². The lowest BCUT2D eigenvalue weighted by molar-refractivity contribution is -0.145. The molecule has 1 N–H and O–H groups in total. The van der Waals surface area contributed by atoms with E-state index in [4.69, 9.17) is 20.8 Å². The van der Waals surface area contributed by atoms with Crippen LogP contribution < -0.4 is 10.5 Å². The number of benzene rings is 2. The van der Waals surface area contributed by atoms with Crippen LogP contribution in [0.3, 0.4) is 0 Å². The van der Waals surface area contributed by atoms with Crippen molar-refractivity contribution < 1.29 is 19.1 Å². The number of ether oxygens (including phenoxy) is 1. The minimum Gasteiger partial charge on any atom is -0.478 e. The smallest absolute Gasteiger partial charge is 0.419 e. The highest BCUT2D eigenvalue weighted by Crippen LogP contribution is 2.39. The molecule has 30 heavy (non-hydrogen) atoms. The summed E-state index contributed by atoms with van der Waals surface area (Å²) in [7, 11) is 0. The van der Waals surface area contributed by atoms with Gasteiger partial charge in [0.15, 0.2) is 5.58 Å². The van der Waals surface area contributed by atoms with Crippen LogP contribution in [0.1, 0.15) is 62.8 Å². The Hall–Kier alpha value is -2.73. The fourth-order valence-electron chi connectivity index (χ4n) is 3.55. The predicted molar refractivity (Wildman–Crippen MR) is 117 cm³/mol. The number of aryl methyl sites for hydroxylation is 2. The average Bonchev–Trinajstić information content (AvgIpc) is 3.02. The summed E-state index contributed by atoms with van der Waals surface area (Å²) < 4.78 is 12.9. The number of nitrogens with zero attached hydrogens (tertiary/aromatic N) is 1. The van der Waals surface area contributed by atoms with Crippen LogP contribution in [0, 0.1) is 0 Å². The van der Waals surface area contributed by atoms with E-state index in [9.17, 15) is 14.7 Å². The molecule has 6 nitrogen and oxygen atoms in total. The molecule has 0 saturated carbocycles. The van der Waals surface area contributed by atoms with Gasteiger partial charge in [0.05, 0.1) is 10.5 Å². The van der Waals surface area contributed by atoms with Crippen molar-refractivity contribution in [2.75, 3.05) is 0 Å². The Kier molecular flexibility index (Phi) is 6.56. The van der Waals surface area contributed by atoms with E-state index in [0.29, 0.717) is 41.1 Å². The first-order valence-corrected chi connectivity index (χ1v) is 10.5. The standard InChI is InChI=1S/C23H26ClNO5/c1-5-7-16-20(17(24)12-18-21(16)30-23(28)25(18)6-2)29-19(22(26)27)15-10-8-14(9-11-15)13(3)4/h8-13,19H,5-7H2,1-4H3,(H,26,27)/t19-/m0/s1. The molecule has 1 heterocycles. The normalized spacial score (nSPS) is 12.5. The van der Waals surface area contributed by atoms with Gasteiger partial charge in [-0.2, -0.15) is 0 Å². The molecule has 160 valence electrons. The Morgan fingerprint density at radius 3 is 2.37 bits per heavy atom. The van der Waals surface area contributed by atoms with E-state index < -0.39 is 17.8 Å². The van der Waals surface area contributed by atoms with Gasteiger partial charge < -0.3 is 14.3 Å². The second-order valence-electron chi connectivity index (χ2n) is 7.53. The van der Waals surface area contributed by atoms with Crippen molar-refractivity contribution in [3.63, 3.8) is 0 Å². The van der Waals surface area contributed by atoms with Gasteiger partial charge in [-0.25, -0.2) is 9.59 Å². The molecule has 0 aliphatic rings. The number of hydrogen-bond acceptors (Lipinski definition) is 4. The van der Waals surface area contributed by atoms with Crippen molar-refractivity contribution in [1.82, 2.24) is 4.57 Å². The Labute approximate surface area is 180 Å². The third kappa shape index (κ3) is 4.10. The maximum atomic E-state index is 12.2. The summed E-state index contributed by atoms with van der Waals surface area (Å²) in [6.07, 6.45) is 0.0340. The lowest BCUT2D eigenvalue weighted by Crippen LogP contribution is -2.19. The van der Waals surface area contributed by atoms with Crippen LogP contribution in [0.15, 0.2) is 39.5 Å². The van der Waals surface area contributed by atoms with E-state index in [1.807, 2.05) is 26.0 Å². The zero-order chi connectivity index (χ0) is 22.0. The van der Waals surface area contributed by atoms with Gasteiger partial charge in [-0.3, -0.25) is 4.57 Å². The van der Waals surface area contributed by atoms with Gasteiger partial charge >= 0.3 is 11.7 Å². The molecule has 7 heteroatoms. The van der Waals surface area contributed by atoms with Gasteiger partial charge in [-0.1, -0.05) is 63.1 Å². The molecular formula is C23H26ClNO5. The van der Waals surface area contributed by atoms with Crippen molar-refractivity contribution in [1.29, 1.82) is 0 Å². The van der Waals surface area contributed by atoms with Gasteiger partial charge in [-0.05, 0) is 30.9 Å². The van der Waals surface area contributed by atoms with Crippen LogP contribution in [0.25, 0.3) is 11.1 Å². The molecule has 0 fully saturated rings. The third-order valence-electron chi connectivity index (χ3n) is 5.14. The SMILES string of the molecule is CCCc1c(O[C@H](C(=O)O)c2ccc(C(C)C)cc2)c(Cl)cc2c1oc(=O)n2CC. The molecule has 0 saturated heterocycles. The lowest BCUT2D eigenvalue weighted by Gasteiger charge is -2.20. The van der Waals surface area contributed by atoms with Crippen LogP contribution in [0.4, 0.5) is 0 Å². The second kappa shape index (κ2) is 8.96. The van der Waals surface area contributed by atoms with Gasteiger partial charge in [0.1, 0.15) is 5.75 Å². The van der Waals surface area contributed by atoms with E-state index >= 15 is 0 Å². The van der Waals surface area contributed by atoms with E-state index in [-0.39, 0.29) is 10.8 Å². The van der Waals surface area contributed by atoms with E-state index in [1.165, 1.54) is 4.57 Å². The number of aliphatic carboxylic acids is 1. The number of carboxylic acid groups (broad SMARTS) is 1. The first-order valence-electron chi connectivity index (χ1n) is 10.1. The quantitative estimate of drug-likeness (QED) is 0.505.